The number of halogens is 3. The molecule has 5 nitrogen and oxygen atoms in total. The quantitative estimate of drug-likeness (QED) is 0.615. The molecule has 0 aliphatic carbocycles. The van der Waals surface area contributed by atoms with Crippen molar-refractivity contribution in [2.45, 2.75) is 18.9 Å². The van der Waals surface area contributed by atoms with Gasteiger partial charge in [0.05, 0.1) is 5.92 Å². The highest BCUT2D eigenvalue weighted by Crippen LogP contribution is 2.30. The first-order chi connectivity index (χ1) is 13.0. The van der Waals surface area contributed by atoms with E-state index in [1.54, 1.807) is 4.90 Å². The fourth-order valence-electron chi connectivity index (χ4n) is 3.16. The van der Waals surface area contributed by atoms with Gasteiger partial charge in [-0.3, -0.25) is 4.79 Å². The maximum absolute atomic E-state index is 13.4. The lowest BCUT2D eigenvalue weighted by Crippen LogP contribution is -2.24. The third kappa shape index (κ3) is 3.90. The summed E-state index contributed by atoms with van der Waals surface area (Å²) in [4.78, 5) is 18.2. The minimum atomic E-state index is -0.663. The van der Waals surface area contributed by atoms with Crippen LogP contribution in [0.5, 0.6) is 0 Å². The van der Waals surface area contributed by atoms with E-state index >= 15 is 0 Å². The summed E-state index contributed by atoms with van der Waals surface area (Å²) in [5.74, 6) is -0.862. The molecule has 1 fully saturated rings. The zero-order chi connectivity index (χ0) is 19.0. The van der Waals surface area contributed by atoms with Crippen molar-refractivity contribution in [1.82, 2.24) is 15.0 Å². The van der Waals surface area contributed by atoms with Gasteiger partial charge in [-0.15, -0.1) is 0 Å². The summed E-state index contributed by atoms with van der Waals surface area (Å²) < 4.78 is 33.0. The normalized spacial score (nSPS) is 16.9. The molecule has 1 atom stereocenters. The average molecular weight is 434 g/mol. The number of benzene rings is 2. The Hall–Kier alpha value is -2.61. The minimum absolute atomic E-state index is 0.119. The summed E-state index contributed by atoms with van der Waals surface area (Å²) in [7, 11) is 0. The second-order valence-corrected chi connectivity index (χ2v) is 7.34. The molecule has 27 heavy (non-hydrogen) atoms. The first-order valence-corrected chi connectivity index (χ1v) is 9.09. The highest BCUT2D eigenvalue weighted by atomic mass is 79.9. The van der Waals surface area contributed by atoms with Crippen LogP contribution in [0.3, 0.4) is 0 Å². The van der Waals surface area contributed by atoms with Gasteiger partial charge in [0, 0.05) is 35.6 Å². The van der Waals surface area contributed by atoms with Gasteiger partial charge in [0.25, 0.3) is 0 Å². The molecule has 1 amide bonds. The van der Waals surface area contributed by atoms with Gasteiger partial charge in [0.1, 0.15) is 11.6 Å². The molecule has 1 aliphatic heterocycles. The Morgan fingerprint density at radius 1 is 1.19 bits per heavy atom. The number of hydrogen-bond acceptors (Lipinski definition) is 4. The van der Waals surface area contributed by atoms with Crippen LogP contribution in [0.4, 0.5) is 8.78 Å². The van der Waals surface area contributed by atoms with E-state index in [0.717, 1.165) is 16.1 Å². The molecular formula is C19H14BrF2N3O2. The van der Waals surface area contributed by atoms with Gasteiger partial charge in [-0.1, -0.05) is 33.2 Å². The van der Waals surface area contributed by atoms with E-state index in [9.17, 15) is 13.6 Å². The molecule has 8 heteroatoms. The lowest BCUT2D eigenvalue weighted by molar-refractivity contribution is -0.128. The maximum Gasteiger partial charge on any atom is 0.232 e. The predicted octanol–water partition coefficient (Wildman–Crippen LogP) is 4.29. The fraction of sp³-hybridized carbons (Fsp3) is 0.211. The van der Waals surface area contributed by atoms with Gasteiger partial charge in [-0.25, -0.2) is 8.78 Å². The summed E-state index contributed by atoms with van der Waals surface area (Å²) in [6, 6.07) is 10.8. The Bertz CT molecular complexity index is 988. The molecule has 2 aromatic carbocycles. The first kappa shape index (κ1) is 17.8. The molecule has 138 valence electrons. The Morgan fingerprint density at radius 2 is 1.96 bits per heavy atom. The van der Waals surface area contributed by atoms with Gasteiger partial charge < -0.3 is 9.42 Å². The van der Waals surface area contributed by atoms with Crippen LogP contribution in [0.25, 0.3) is 11.4 Å². The summed E-state index contributed by atoms with van der Waals surface area (Å²) in [5.41, 5.74) is 1.21. The van der Waals surface area contributed by atoms with Gasteiger partial charge in [0.15, 0.2) is 0 Å². The molecule has 1 aromatic heterocycles. The van der Waals surface area contributed by atoms with E-state index in [1.165, 1.54) is 12.1 Å². The Labute approximate surface area is 162 Å². The molecule has 1 aliphatic rings. The van der Waals surface area contributed by atoms with E-state index in [-0.39, 0.29) is 24.8 Å². The van der Waals surface area contributed by atoms with Gasteiger partial charge >= 0.3 is 0 Å². The number of likely N-dealkylation sites (tertiary alicyclic amines) is 1. The van der Waals surface area contributed by atoms with Crippen LogP contribution in [0.15, 0.2) is 51.5 Å². The maximum atomic E-state index is 13.4. The van der Waals surface area contributed by atoms with Gasteiger partial charge in [-0.05, 0) is 29.8 Å². The molecular weight excluding hydrogens is 420 g/mol. The molecule has 3 aromatic rings. The van der Waals surface area contributed by atoms with E-state index in [4.69, 9.17) is 4.52 Å². The van der Waals surface area contributed by atoms with Crippen molar-refractivity contribution >= 4 is 21.8 Å². The molecule has 2 heterocycles. The molecule has 0 radical (unpaired) electrons. The number of amides is 1. The second-order valence-electron chi connectivity index (χ2n) is 6.42. The third-order valence-corrected chi connectivity index (χ3v) is 4.88. The zero-order valence-electron chi connectivity index (χ0n) is 14.0. The van der Waals surface area contributed by atoms with Crippen molar-refractivity contribution < 1.29 is 18.1 Å². The summed E-state index contributed by atoms with van der Waals surface area (Å²) in [5, 5.41) is 3.99. The zero-order valence-corrected chi connectivity index (χ0v) is 15.6. The van der Waals surface area contributed by atoms with Crippen molar-refractivity contribution in [3.8, 4) is 11.4 Å². The van der Waals surface area contributed by atoms with Crippen molar-refractivity contribution in [2.75, 3.05) is 6.54 Å². The Kier molecular flexibility index (Phi) is 4.73. The monoisotopic (exact) mass is 433 g/mol. The molecule has 1 saturated heterocycles. The van der Waals surface area contributed by atoms with Crippen molar-refractivity contribution in [3.63, 3.8) is 0 Å². The van der Waals surface area contributed by atoms with Crippen LogP contribution in [0, 0.1) is 11.6 Å². The van der Waals surface area contributed by atoms with Crippen LogP contribution in [-0.4, -0.2) is 27.5 Å². The molecule has 0 saturated carbocycles. The number of aromatic nitrogens is 2. The predicted molar refractivity (Wildman–Crippen MR) is 96.6 cm³/mol. The van der Waals surface area contributed by atoms with Gasteiger partial charge in [-0.2, -0.15) is 4.98 Å². The number of hydrogen-bond donors (Lipinski definition) is 0. The second kappa shape index (κ2) is 7.19. The molecule has 0 N–H and O–H groups in total. The number of nitrogens with zero attached hydrogens (tertiary/aromatic N) is 3. The van der Waals surface area contributed by atoms with Crippen molar-refractivity contribution in [3.05, 3.63) is 70.0 Å². The van der Waals surface area contributed by atoms with E-state index in [0.29, 0.717) is 23.8 Å². The molecule has 0 bridgehead atoms. The largest absolute Gasteiger partial charge is 0.339 e. The average Bonchev–Trinajstić information content (AvgIpc) is 3.22. The number of rotatable bonds is 4. The van der Waals surface area contributed by atoms with E-state index in [2.05, 4.69) is 26.1 Å². The lowest BCUT2D eigenvalue weighted by Gasteiger charge is -2.16. The van der Waals surface area contributed by atoms with Crippen LogP contribution < -0.4 is 0 Å². The van der Waals surface area contributed by atoms with Crippen LogP contribution in [-0.2, 0) is 11.3 Å². The van der Waals surface area contributed by atoms with Crippen LogP contribution in [0.2, 0.25) is 0 Å². The fourth-order valence-corrected chi connectivity index (χ4v) is 3.56. The number of carbonyl (C=O) groups is 1. The minimum Gasteiger partial charge on any atom is -0.339 e. The van der Waals surface area contributed by atoms with E-state index < -0.39 is 11.6 Å². The SMILES string of the molecule is O=C1CC(c2nc(-c3cccc(Br)c3)no2)CN1Cc1cc(F)cc(F)c1. The van der Waals surface area contributed by atoms with Gasteiger partial charge in [0.2, 0.25) is 17.6 Å². The van der Waals surface area contributed by atoms with Crippen molar-refractivity contribution in [1.29, 1.82) is 0 Å². The van der Waals surface area contributed by atoms with Crippen LogP contribution in [0.1, 0.15) is 23.8 Å². The topological polar surface area (TPSA) is 59.2 Å². The lowest BCUT2D eigenvalue weighted by atomic mass is 10.1. The van der Waals surface area contributed by atoms with Crippen molar-refractivity contribution in [2.24, 2.45) is 0 Å². The standard InChI is InChI=1S/C19H14BrF2N3O2/c20-14-3-1-2-12(6-14)18-23-19(27-24-18)13-7-17(26)25(10-13)9-11-4-15(21)8-16(22)5-11/h1-6,8,13H,7,9-10H2. The Morgan fingerprint density at radius 3 is 2.70 bits per heavy atom. The summed E-state index contributed by atoms with van der Waals surface area (Å²) >= 11 is 3.40. The smallest absolute Gasteiger partial charge is 0.232 e. The van der Waals surface area contributed by atoms with E-state index in [1.807, 2.05) is 24.3 Å². The summed E-state index contributed by atoms with van der Waals surface area (Å²) in [6.45, 7) is 0.494. The Balaban J connectivity index is 1.49. The highest BCUT2D eigenvalue weighted by Gasteiger charge is 2.34. The highest BCUT2D eigenvalue weighted by molar-refractivity contribution is 9.10. The molecule has 1 unspecified atom stereocenters. The first-order valence-electron chi connectivity index (χ1n) is 8.30. The molecule has 4 rings (SSSR count). The van der Waals surface area contributed by atoms with Crippen LogP contribution >= 0.6 is 15.9 Å². The summed E-state index contributed by atoms with van der Waals surface area (Å²) in [6.07, 6.45) is 0.220. The third-order valence-electron chi connectivity index (χ3n) is 4.38. The number of carbonyl (C=O) groups excluding carboxylic acids is 1. The molecule has 0 spiro atoms.